The van der Waals surface area contributed by atoms with Gasteiger partial charge < -0.3 is 33.6 Å². The SMILES string of the molecule is Cc1ccc(S(=O)(=O)OCCOCCO[C@@H]2C[C@@H](COc3nc4c(c(N5CCN(C(=O)OC(C)(C)C)[C@@H](CC#N)C5)n3)CCN(c3cccc5ccccc35)C4)N(C)C2)cc1. The Morgan fingerprint density at radius 2 is 1.67 bits per heavy atom. The van der Waals surface area contributed by atoms with Gasteiger partial charge in [0.1, 0.15) is 18.0 Å². The zero-order valence-electron chi connectivity index (χ0n) is 35.8. The topological polar surface area (TPSA) is 160 Å². The van der Waals surface area contributed by atoms with Crippen molar-refractivity contribution in [2.75, 3.05) is 82.6 Å². The molecule has 4 aromatic rings. The van der Waals surface area contributed by atoms with E-state index in [2.05, 4.69) is 63.2 Å². The standard InChI is InChI=1S/C45H57N7O8S/c1-32-13-15-37(16-14-32)61(54,55)59-26-24-56-23-25-57-36-27-35(49(5)29-36)31-58-43-47-40-30-50(41-12-8-10-33-9-6-7-11-38(33)41)20-18-39(40)42(48-43)51-21-22-52(34(28-51)17-19-46)44(53)60-45(2,3)4/h6-16,34-36H,17-18,20-31H2,1-5H3/t34-,35-,36+/m0/s1. The fourth-order valence-corrected chi connectivity index (χ4v) is 9.05. The summed E-state index contributed by atoms with van der Waals surface area (Å²) < 4.78 is 53.9. The van der Waals surface area contributed by atoms with Crippen LogP contribution in [0.1, 0.15) is 50.4 Å². The van der Waals surface area contributed by atoms with E-state index in [0.29, 0.717) is 52.5 Å². The number of amides is 1. The molecule has 3 aliphatic heterocycles. The number of carbonyl (C=O) groups is 1. The first-order chi connectivity index (χ1) is 29.3. The summed E-state index contributed by atoms with van der Waals surface area (Å²) in [6.07, 6.45) is 1.17. The van der Waals surface area contributed by atoms with Crippen LogP contribution in [0.15, 0.2) is 71.6 Å². The normalized spacial score (nSPS) is 19.8. The summed E-state index contributed by atoms with van der Waals surface area (Å²) in [5.41, 5.74) is 3.41. The summed E-state index contributed by atoms with van der Waals surface area (Å²) in [5, 5.41) is 12.1. The number of hydrogen-bond donors (Lipinski definition) is 0. The molecule has 0 N–H and O–H groups in total. The number of hydrogen-bond acceptors (Lipinski definition) is 14. The highest BCUT2D eigenvalue weighted by Crippen LogP contribution is 2.35. The average Bonchev–Trinajstić information content (AvgIpc) is 3.59. The maximum absolute atomic E-state index is 13.2. The number of ether oxygens (including phenoxy) is 4. The summed E-state index contributed by atoms with van der Waals surface area (Å²) in [5.74, 6) is 0.781. The van der Waals surface area contributed by atoms with Crippen LogP contribution in [0.2, 0.25) is 0 Å². The van der Waals surface area contributed by atoms with E-state index in [1.807, 2.05) is 34.7 Å². The van der Waals surface area contributed by atoms with E-state index in [-0.39, 0.29) is 48.7 Å². The molecular formula is C45H57N7O8S. The van der Waals surface area contributed by atoms with E-state index in [1.165, 1.54) is 22.9 Å². The lowest BCUT2D eigenvalue weighted by molar-refractivity contribution is 0.00402. The van der Waals surface area contributed by atoms with Crippen LogP contribution in [-0.4, -0.2) is 131 Å². The van der Waals surface area contributed by atoms with Gasteiger partial charge in [-0.1, -0.05) is 54.1 Å². The summed E-state index contributed by atoms with van der Waals surface area (Å²) in [4.78, 5) is 31.8. The minimum atomic E-state index is -3.84. The van der Waals surface area contributed by atoms with Crippen molar-refractivity contribution in [2.24, 2.45) is 0 Å². The molecule has 0 saturated carbocycles. The first-order valence-electron chi connectivity index (χ1n) is 21.0. The first kappa shape index (κ1) is 44.0. The van der Waals surface area contributed by atoms with Gasteiger partial charge in [0.25, 0.3) is 10.1 Å². The second-order valence-corrected chi connectivity index (χ2v) is 18.5. The fourth-order valence-electron chi connectivity index (χ4n) is 8.16. The summed E-state index contributed by atoms with van der Waals surface area (Å²) >= 11 is 0. The molecule has 1 amide bonds. The van der Waals surface area contributed by atoms with Crippen LogP contribution in [0.25, 0.3) is 10.8 Å². The number of benzene rings is 3. The number of fused-ring (bicyclic) bond motifs is 2. The largest absolute Gasteiger partial charge is 0.462 e. The third-order valence-corrected chi connectivity index (χ3v) is 12.6. The Hall–Kier alpha value is -5.05. The number of likely N-dealkylation sites (tertiary alicyclic amines) is 1. The van der Waals surface area contributed by atoms with Gasteiger partial charge in [-0.3, -0.25) is 9.08 Å². The maximum Gasteiger partial charge on any atom is 0.410 e. The Labute approximate surface area is 359 Å². The van der Waals surface area contributed by atoms with E-state index < -0.39 is 21.8 Å². The molecule has 3 aliphatic rings. The van der Waals surface area contributed by atoms with Gasteiger partial charge >= 0.3 is 12.1 Å². The third kappa shape index (κ3) is 11.1. The molecule has 0 aliphatic carbocycles. The van der Waals surface area contributed by atoms with Gasteiger partial charge in [0.05, 0.1) is 68.2 Å². The number of nitriles is 1. The van der Waals surface area contributed by atoms with Gasteiger partial charge in [-0.25, -0.2) is 4.79 Å². The van der Waals surface area contributed by atoms with Crippen LogP contribution in [0.5, 0.6) is 6.01 Å². The highest BCUT2D eigenvalue weighted by molar-refractivity contribution is 7.86. The molecule has 16 heteroatoms. The van der Waals surface area contributed by atoms with E-state index in [4.69, 9.17) is 33.1 Å². The van der Waals surface area contributed by atoms with Gasteiger partial charge in [-0.2, -0.15) is 23.6 Å². The van der Waals surface area contributed by atoms with Gasteiger partial charge in [-0.15, -0.1) is 0 Å². The zero-order valence-corrected chi connectivity index (χ0v) is 36.6. The van der Waals surface area contributed by atoms with Gasteiger partial charge in [0.15, 0.2) is 0 Å². The number of nitrogens with zero attached hydrogens (tertiary/aromatic N) is 7. The number of anilines is 2. The molecule has 3 aromatic carbocycles. The van der Waals surface area contributed by atoms with Crippen molar-refractivity contribution < 1.29 is 36.3 Å². The van der Waals surface area contributed by atoms with Crippen molar-refractivity contribution in [1.29, 1.82) is 5.26 Å². The predicted octanol–water partition coefficient (Wildman–Crippen LogP) is 5.73. The Morgan fingerprint density at radius 1 is 0.902 bits per heavy atom. The van der Waals surface area contributed by atoms with Crippen molar-refractivity contribution in [3.63, 3.8) is 0 Å². The van der Waals surface area contributed by atoms with Crippen LogP contribution in [-0.2, 0) is 41.5 Å². The summed E-state index contributed by atoms with van der Waals surface area (Å²) in [6.45, 7) is 11.9. The number of likely N-dealkylation sites (N-methyl/N-ethyl adjacent to an activating group) is 1. The lowest BCUT2D eigenvalue weighted by Gasteiger charge is -2.42. The molecule has 4 heterocycles. The lowest BCUT2D eigenvalue weighted by Crippen LogP contribution is -2.56. The summed E-state index contributed by atoms with van der Waals surface area (Å²) in [6, 6.07) is 23.5. The highest BCUT2D eigenvalue weighted by atomic mass is 32.2. The molecule has 15 nitrogen and oxygen atoms in total. The third-order valence-electron chi connectivity index (χ3n) is 11.3. The molecular weight excluding hydrogens is 799 g/mol. The van der Waals surface area contributed by atoms with Crippen molar-refractivity contribution >= 4 is 38.5 Å². The number of aryl methyl sites for hydroxylation is 1. The van der Waals surface area contributed by atoms with E-state index in [9.17, 15) is 18.5 Å². The monoisotopic (exact) mass is 855 g/mol. The van der Waals surface area contributed by atoms with Crippen LogP contribution >= 0.6 is 0 Å². The molecule has 0 unspecified atom stereocenters. The Balaban J connectivity index is 0.991. The van der Waals surface area contributed by atoms with Crippen molar-refractivity contribution in [2.45, 2.75) is 82.2 Å². The summed E-state index contributed by atoms with van der Waals surface area (Å²) in [7, 11) is -1.80. The molecule has 2 fully saturated rings. The maximum atomic E-state index is 13.2. The second-order valence-electron chi connectivity index (χ2n) is 16.9. The average molecular weight is 856 g/mol. The minimum Gasteiger partial charge on any atom is -0.462 e. The van der Waals surface area contributed by atoms with Crippen molar-refractivity contribution in [3.8, 4) is 12.1 Å². The van der Waals surface area contributed by atoms with Crippen LogP contribution in [0.3, 0.4) is 0 Å². The molecule has 2 saturated heterocycles. The number of aromatic nitrogens is 2. The van der Waals surface area contributed by atoms with E-state index in [0.717, 1.165) is 47.7 Å². The van der Waals surface area contributed by atoms with Crippen LogP contribution in [0.4, 0.5) is 16.3 Å². The lowest BCUT2D eigenvalue weighted by atomic mass is 10.0. The van der Waals surface area contributed by atoms with Crippen molar-refractivity contribution in [1.82, 2.24) is 19.8 Å². The van der Waals surface area contributed by atoms with E-state index in [1.54, 1.807) is 17.0 Å². The van der Waals surface area contributed by atoms with Gasteiger partial charge in [-0.05, 0) is 71.2 Å². The van der Waals surface area contributed by atoms with Gasteiger partial charge in [0.2, 0.25) is 0 Å². The zero-order chi connectivity index (χ0) is 43.1. The minimum absolute atomic E-state index is 0.0343. The Morgan fingerprint density at radius 3 is 2.46 bits per heavy atom. The second kappa shape index (κ2) is 19.3. The molecule has 0 spiro atoms. The highest BCUT2D eigenvalue weighted by Gasteiger charge is 2.37. The van der Waals surface area contributed by atoms with E-state index >= 15 is 0 Å². The quantitative estimate of drug-likeness (QED) is 0.105. The predicted molar refractivity (Wildman–Crippen MR) is 231 cm³/mol. The molecule has 326 valence electrons. The molecule has 1 aromatic heterocycles. The number of rotatable bonds is 15. The van der Waals surface area contributed by atoms with Crippen LogP contribution in [0, 0.1) is 18.3 Å². The smallest absolute Gasteiger partial charge is 0.410 e. The molecule has 7 rings (SSSR count). The van der Waals surface area contributed by atoms with Gasteiger partial charge in [0, 0.05) is 55.4 Å². The molecule has 0 bridgehead atoms. The number of piperazine rings is 1. The number of carbonyl (C=O) groups excluding carboxylic acids is 1. The van der Waals surface area contributed by atoms with Crippen molar-refractivity contribution in [3.05, 3.63) is 83.6 Å². The first-order valence-corrected chi connectivity index (χ1v) is 22.4. The fraction of sp³-hybridized carbons (Fsp3) is 0.511. The Bertz CT molecular complexity index is 2290. The van der Waals surface area contributed by atoms with Crippen LogP contribution < -0.4 is 14.5 Å². The molecule has 0 radical (unpaired) electrons. The Kier molecular flexibility index (Phi) is 14.0. The molecule has 3 atom stereocenters. The molecule has 61 heavy (non-hydrogen) atoms.